The zero-order valence-electron chi connectivity index (χ0n) is 27.1. The molecule has 9 aromatic carbocycles. The molecule has 0 atom stereocenters. The summed E-state index contributed by atoms with van der Waals surface area (Å²) in [5.41, 5.74) is 6.07. The third kappa shape index (κ3) is 4.68. The van der Waals surface area contributed by atoms with Crippen molar-refractivity contribution in [1.82, 2.24) is 0 Å². The first-order chi connectivity index (χ1) is 25.0. The van der Waals surface area contributed by atoms with Gasteiger partial charge in [-0.15, -0.1) is 0 Å². The van der Waals surface area contributed by atoms with E-state index in [1.807, 2.05) is 24.3 Å². The topological polar surface area (TPSA) is 0 Å². The van der Waals surface area contributed by atoms with E-state index >= 15 is 0 Å². The van der Waals surface area contributed by atoms with E-state index in [0.29, 0.717) is 10.8 Å². The van der Waals surface area contributed by atoms with E-state index in [0.717, 1.165) is 16.5 Å². The van der Waals surface area contributed by atoms with Crippen molar-refractivity contribution in [2.75, 3.05) is 0 Å². The summed E-state index contributed by atoms with van der Waals surface area (Å²) in [5, 5.41) is 8.95. The Labute approximate surface area is 297 Å². The van der Waals surface area contributed by atoms with Crippen LogP contribution in [-0.2, 0) is 6.18 Å². The van der Waals surface area contributed by atoms with Gasteiger partial charge in [0.15, 0.2) is 0 Å². The number of hydrogen-bond donors (Lipinski definition) is 0. The van der Waals surface area contributed by atoms with Crippen LogP contribution >= 0.6 is 0 Å². The molecular weight excluding hydrogens is 700 g/mol. The second-order valence-corrected chi connectivity index (χ2v) is 15.3. The van der Waals surface area contributed by atoms with Crippen molar-refractivity contribution in [1.29, 1.82) is 0 Å². The molecule has 10 rings (SSSR count). The number of hydrogen-bond acceptors (Lipinski definition) is 0. The molecule has 0 saturated carbocycles. The number of rotatable bonds is 3. The molecule has 0 nitrogen and oxygen atoms in total. The fourth-order valence-electron chi connectivity index (χ4n) is 8.19. The number of halogens is 3. The molecule has 51 heavy (non-hydrogen) atoms. The van der Waals surface area contributed by atoms with Crippen molar-refractivity contribution in [2.45, 2.75) is 6.18 Å². The number of fused-ring (bicyclic) bond motifs is 7. The van der Waals surface area contributed by atoms with Crippen molar-refractivity contribution >= 4 is 76.9 Å². The molecule has 4 heteroatoms. The first-order valence-electron chi connectivity index (χ1n) is 16.9. The molecule has 0 aliphatic carbocycles. The monoisotopic (exact) mass is 728 g/mol. The summed E-state index contributed by atoms with van der Waals surface area (Å²) in [4.78, 5) is 0. The molecule has 0 fully saturated rings. The third-order valence-electron chi connectivity index (χ3n) is 10.3. The van der Waals surface area contributed by atoms with Crippen molar-refractivity contribution in [3.63, 3.8) is 0 Å². The van der Waals surface area contributed by atoms with Gasteiger partial charge in [0, 0.05) is 0 Å². The molecule has 0 aliphatic rings. The van der Waals surface area contributed by atoms with Crippen molar-refractivity contribution < 1.29 is 13.2 Å². The molecule has 0 saturated heterocycles. The van der Waals surface area contributed by atoms with Gasteiger partial charge in [0.2, 0.25) is 0 Å². The van der Waals surface area contributed by atoms with Crippen LogP contribution in [0.1, 0.15) is 5.56 Å². The van der Waals surface area contributed by atoms with Crippen LogP contribution in [0, 0.1) is 0 Å². The van der Waals surface area contributed by atoms with E-state index in [2.05, 4.69) is 115 Å². The van der Waals surface area contributed by atoms with Gasteiger partial charge >= 0.3 is 299 Å². The van der Waals surface area contributed by atoms with Gasteiger partial charge in [-0.2, -0.15) is 0 Å². The molecule has 0 aliphatic heterocycles. The zero-order valence-corrected chi connectivity index (χ0v) is 28.8. The fourth-order valence-corrected chi connectivity index (χ4v) is 10.6. The quantitative estimate of drug-likeness (QED) is 0.126. The van der Waals surface area contributed by atoms with E-state index < -0.39 is 11.7 Å². The first kappa shape index (κ1) is 30.2. The number of benzene rings is 9. The minimum atomic E-state index is -4.48. The second-order valence-electron chi connectivity index (χ2n) is 13.1. The van der Waals surface area contributed by atoms with Gasteiger partial charge < -0.3 is 0 Å². The van der Waals surface area contributed by atoms with E-state index in [1.165, 1.54) is 57.7 Å². The maximum absolute atomic E-state index is 14.6. The summed E-state index contributed by atoms with van der Waals surface area (Å²) in [6.07, 6.45) is -4.48. The van der Waals surface area contributed by atoms with Gasteiger partial charge in [-0.05, 0) is 0 Å². The van der Waals surface area contributed by atoms with Gasteiger partial charge in [0.05, 0.1) is 0 Å². The van der Waals surface area contributed by atoms with Gasteiger partial charge in [-0.25, -0.2) is 0 Å². The summed E-state index contributed by atoms with van der Waals surface area (Å²) < 4.78 is 46.3. The Hall–Kier alpha value is -5.67. The molecule has 242 valence electrons. The average Bonchev–Trinajstić information content (AvgIpc) is 3.52. The molecule has 0 spiro atoms. The average molecular weight is 728 g/mol. The van der Waals surface area contributed by atoms with Crippen LogP contribution in [0.15, 0.2) is 164 Å². The van der Waals surface area contributed by atoms with E-state index in [-0.39, 0.29) is 25.3 Å². The zero-order chi connectivity index (χ0) is 34.3. The molecule has 10 aromatic rings. The molecule has 1 heterocycles. The number of alkyl halides is 3. The molecule has 0 unspecified atom stereocenters. The van der Waals surface area contributed by atoms with Crippen LogP contribution in [0.25, 0.3) is 95.8 Å². The summed E-state index contributed by atoms with van der Waals surface area (Å²) >= 11 is 0.0824. The molecule has 1 aromatic heterocycles. The maximum atomic E-state index is 14.6. The van der Waals surface area contributed by atoms with Crippen LogP contribution in [0.3, 0.4) is 0 Å². The molecule has 0 bridgehead atoms. The Morgan fingerprint density at radius 1 is 0.314 bits per heavy atom. The summed E-state index contributed by atoms with van der Waals surface area (Å²) in [5.74, 6) is 0. The Morgan fingerprint density at radius 2 is 0.725 bits per heavy atom. The van der Waals surface area contributed by atoms with Crippen LogP contribution in [-0.4, -0.2) is 14.5 Å². The summed E-state index contributed by atoms with van der Waals surface area (Å²) in [7, 11) is 0. The van der Waals surface area contributed by atoms with Crippen LogP contribution < -0.4 is 0 Å². The Morgan fingerprint density at radius 3 is 1.24 bits per heavy atom. The normalized spacial score (nSPS) is 12.2. The van der Waals surface area contributed by atoms with E-state index in [4.69, 9.17) is 0 Å². The van der Waals surface area contributed by atoms with Gasteiger partial charge in [0.1, 0.15) is 0 Å². The predicted molar refractivity (Wildman–Crippen MR) is 210 cm³/mol. The molecule has 0 radical (unpaired) electrons. The second kappa shape index (κ2) is 11.4. The first-order valence-corrected chi connectivity index (χ1v) is 18.6. The molecule has 0 N–H and O–H groups in total. The van der Waals surface area contributed by atoms with Crippen molar-refractivity contribution in [2.24, 2.45) is 0 Å². The SMILES string of the molecule is FC(F)(F)c1c2ccccc2c(-c2ccc3[se]c4cc(-c5c6ccccc6c(-c6ccccc6)c6ccccc56)ccc4c3c2)c2ccccc12. The molecular formula is C47H27F3Se. The van der Waals surface area contributed by atoms with Crippen molar-refractivity contribution in [3.05, 3.63) is 169 Å². The Bertz CT molecular complexity index is 2890. The summed E-state index contributed by atoms with van der Waals surface area (Å²) in [6.45, 7) is 0. The van der Waals surface area contributed by atoms with Crippen LogP contribution in [0.2, 0.25) is 0 Å². The minimum absolute atomic E-state index is 0.0824. The van der Waals surface area contributed by atoms with Crippen LogP contribution in [0.5, 0.6) is 0 Å². The van der Waals surface area contributed by atoms with E-state index in [1.54, 1.807) is 24.3 Å². The van der Waals surface area contributed by atoms with E-state index in [9.17, 15) is 13.2 Å². The summed E-state index contributed by atoms with van der Waals surface area (Å²) in [6, 6.07) is 55.3. The van der Waals surface area contributed by atoms with Gasteiger partial charge in [-0.3, -0.25) is 0 Å². The van der Waals surface area contributed by atoms with Crippen molar-refractivity contribution in [3.8, 4) is 33.4 Å². The van der Waals surface area contributed by atoms with Gasteiger partial charge in [-0.1, -0.05) is 0 Å². The molecule has 0 amide bonds. The van der Waals surface area contributed by atoms with Crippen LogP contribution in [0.4, 0.5) is 13.2 Å². The Balaban J connectivity index is 1.20. The fraction of sp³-hybridized carbons (Fsp3) is 0.0213. The Kier molecular flexibility index (Phi) is 6.76. The van der Waals surface area contributed by atoms with Gasteiger partial charge in [0.25, 0.3) is 0 Å². The predicted octanol–water partition coefficient (Wildman–Crippen LogP) is 13.7. The standard InChI is InChI=1S/C47H27F3Se/c48-47(49,50)46-38-20-10-8-18-36(38)44(37-19-9-11-21-39(37)46)29-23-25-41-40(26-29)31-24-22-30(27-42(31)51-41)45-34-16-6-4-14-32(34)43(28-12-2-1-3-13-28)33-15-5-7-17-35(33)45/h1-27H. The third-order valence-corrected chi connectivity index (χ3v) is 12.6.